The van der Waals surface area contributed by atoms with E-state index in [0.717, 1.165) is 7.11 Å². The van der Waals surface area contributed by atoms with Crippen LogP contribution in [0.3, 0.4) is 0 Å². The Balaban J connectivity index is 3.51. The average molecular weight is 355 g/mol. The van der Waals surface area contributed by atoms with E-state index in [9.17, 15) is 18.0 Å². The van der Waals surface area contributed by atoms with Crippen LogP contribution < -0.4 is 0 Å². The second-order valence-electron chi connectivity index (χ2n) is 2.99. The second kappa shape index (κ2) is 4.91. The van der Waals surface area contributed by atoms with Gasteiger partial charge in [-0.2, -0.15) is 18.4 Å². The Morgan fingerprint density at radius 3 is 2.47 bits per heavy atom. The maximum absolute atomic E-state index is 12.5. The fraction of sp³-hybridized carbons (Fsp3) is 0.200. The van der Waals surface area contributed by atoms with Crippen molar-refractivity contribution in [3.63, 3.8) is 0 Å². The quantitative estimate of drug-likeness (QED) is 0.575. The number of halogens is 4. The minimum atomic E-state index is -4.61. The summed E-state index contributed by atoms with van der Waals surface area (Å²) in [6.45, 7) is 0. The average Bonchev–Trinajstić information content (AvgIpc) is 2.26. The minimum Gasteiger partial charge on any atom is -0.465 e. The summed E-state index contributed by atoms with van der Waals surface area (Å²) in [5.41, 5.74) is -1.52. The fourth-order valence-electron chi connectivity index (χ4n) is 1.13. The summed E-state index contributed by atoms with van der Waals surface area (Å²) in [7, 11) is 1.06. The van der Waals surface area contributed by atoms with E-state index in [4.69, 9.17) is 5.26 Å². The molecule has 0 fully saturated rings. The number of rotatable bonds is 1. The molecule has 0 amide bonds. The molecule has 7 heteroatoms. The lowest BCUT2D eigenvalue weighted by Gasteiger charge is -2.10. The third-order valence-corrected chi connectivity index (χ3v) is 3.09. The first-order chi connectivity index (χ1) is 7.81. The Labute approximate surface area is 108 Å². The number of carbonyl (C=O) groups excluding carboxylic acids is 1. The number of alkyl halides is 3. The smallest absolute Gasteiger partial charge is 0.416 e. The number of esters is 1. The fourth-order valence-corrected chi connectivity index (χ4v) is 1.78. The first kappa shape index (κ1) is 13.8. The van der Waals surface area contributed by atoms with Gasteiger partial charge in [-0.25, -0.2) is 4.79 Å². The van der Waals surface area contributed by atoms with E-state index in [1.807, 2.05) is 0 Å². The number of hydrogen-bond acceptors (Lipinski definition) is 3. The van der Waals surface area contributed by atoms with Crippen LogP contribution in [0, 0.1) is 14.9 Å². The molecule has 0 atom stereocenters. The van der Waals surface area contributed by atoms with Crippen molar-refractivity contribution >= 4 is 28.6 Å². The Bertz CT molecular complexity index is 505. The highest BCUT2D eigenvalue weighted by atomic mass is 127. The molecular weight excluding hydrogens is 350 g/mol. The van der Waals surface area contributed by atoms with Crippen LogP contribution in [-0.4, -0.2) is 13.1 Å². The van der Waals surface area contributed by atoms with Gasteiger partial charge in [0.1, 0.15) is 6.07 Å². The monoisotopic (exact) mass is 355 g/mol. The first-order valence-electron chi connectivity index (χ1n) is 4.20. The molecule has 17 heavy (non-hydrogen) atoms. The predicted molar refractivity (Wildman–Crippen MR) is 60.2 cm³/mol. The molecule has 0 bridgehead atoms. The number of nitriles is 1. The summed E-state index contributed by atoms with van der Waals surface area (Å²) in [4.78, 5) is 11.3. The van der Waals surface area contributed by atoms with Crippen molar-refractivity contribution in [1.82, 2.24) is 0 Å². The minimum absolute atomic E-state index is 0.143. The predicted octanol–water partition coefficient (Wildman–Crippen LogP) is 2.97. The van der Waals surface area contributed by atoms with Crippen LogP contribution in [0.1, 0.15) is 21.5 Å². The summed E-state index contributed by atoms with van der Waals surface area (Å²) in [6.07, 6.45) is -4.61. The van der Waals surface area contributed by atoms with E-state index >= 15 is 0 Å². The van der Waals surface area contributed by atoms with Crippen molar-refractivity contribution in [2.45, 2.75) is 6.18 Å². The van der Waals surface area contributed by atoms with Crippen LogP contribution in [0.25, 0.3) is 0 Å². The maximum atomic E-state index is 12.5. The Morgan fingerprint density at radius 2 is 2.06 bits per heavy atom. The summed E-state index contributed by atoms with van der Waals surface area (Å²) in [5, 5.41) is 8.71. The molecule has 0 spiro atoms. The lowest BCUT2D eigenvalue weighted by molar-refractivity contribution is -0.137. The van der Waals surface area contributed by atoms with E-state index in [1.165, 1.54) is 0 Å². The van der Waals surface area contributed by atoms with Crippen LogP contribution >= 0.6 is 22.6 Å². The van der Waals surface area contributed by atoms with Crippen LogP contribution in [0.4, 0.5) is 13.2 Å². The van der Waals surface area contributed by atoms with Crippen LogP contribution in [0.5, 0.6) is 0 Å². The number of benzene rings is 1. The number of nitrogens with zero attached hydrogens (tertiary/aromatic N) is 1. The molecule has 1 rings (SSSR count). The first-order valence-corrected chi connectivity index (χ1v) is 5.28. The molecule has 0 saturated carbocycles. The van der Waals surface area contributed by atoms with Gasteiger partial charge < -0.3 is 4.74 Å². The highest BCUT2D eigenvalue weighted by Crippen LogP contribution is 2.32. The number of hydrogen-bond donors (Lipinski definition) is 0. The van der Waals surface area contributed by atoms with Gasteiger partial charge in [0.05, 0.1) is 23.8 Å². The summed E-state index contributed by atoms with van der Waals surface area (Å²) in [5.74, 6) is -0.906. The van der Waals surface area contributed by atoms with Gasteiger partial charge in [0, 0.05) is 3.57 Å². The van der Waals surface area contributed by atoms with E-state index in [-0.39, 0.29) is 14.7 Å². The largest absolute Gasteiger partial charge is 0.465 e. The SMILES string of the molecule is COC(=O)c1cc(C(F)(F)F)cc(C#N)c1I. The zero-order valence-corrected chi connectivity index (χ0v) is 10.6. The standard InChI is InChI=1S/C10H5F3INO2/c1-17-9(16)7-3-6(10(11,12)13)2-5(4-15)8(7)14/h2-3H,1H3. The van der Waals surface area contributed by atoms with Gasteiger partial charge in [0.15, 0.2) is 0 Å². The molecule has 0 unspecified atom stereocenters. The molecule has 1 aromatic carbocycles. The molecule has 0 N–H and O–H groups in total. The molecule has 1 aromatic rings. The van der Waals surface area contributed by atoms with Gasteiger partial charge in [-0.15, -0.1) is 0 Å². The number of ether oxygens (including phenoxy) is 1. The molecule has 90 valence electrons. The number of carbonyl (C=O) groups is 1. The third kappa shape index (κ3) is 2.88. The zero-order chi connectivity index (χ0) is 13.2. The van der Waals surface area contributed by atoms with Crippen LogP contribution in [0.15, 0.2) is 12.1 Å². The van der Waals surface area contributed by atoms with Gasteiger partial charge in [-0.3, -0.25) is 0 Å². The third-order valence-electron chi connectivity index (χ3n) is 1.93. The highest BCUT2D eigenvalue weighted by Gasteiger charge is 2.33. The molecule has 0 aliphatic heterocycles. The summed E-state index contributed by atoms with van der Waals surface area (Å²) >= 11 is 1.63. The van der Waals surface area contributed by atoms with Gasteiger partial charge in [-0.05, 0) is 34.7 Å². The lowest BCUT2D eigenvalue weighted by Crippen LogP contribution is -2.11. The number of methoxy groups -OCH3 is 1. The van der Waals surface area contributed by atoms with Crippen molar-refractivity contribution < 1.29 is 22.7 Å². The molecule has 3 nitrogen and oxygen atoms in total. The van der Waals surface area contributed by atoms with Crippen molar-refractivity contribution in [2.24, 2.45) is 0 Å². The molecule has 0 aliphatic carbocycles. The van der Waals surface area contributed by atoms with Crippen molar-refractivity contribution in [2.75, 3.05) is 7.11 Å². The van der Waals surface area contributed by atoms with Crippen LogP contribution in [-0.2, 0) is 10.9 Å². The highest BCUT2D eigenvalue weighted by molar-refractivity contribution is 14.1. The van der Waals surface area contributed by atoms with Gasteiger partial charge in [0.25, 0.3) is 0 Å². The Hall–Kier alpha value is -1.30. The molecule has 0 saturated heterocycles. The van der Waals surface area contributed by atoms with Crippen molar-refractivity contribution in [3.05, 3.63) is 32.4 Å². The lowest BCUT2D eigenvalue weighted by atomic mass is 10.1. The van der Waals surface area contributed by atoms with E-state index in [1.54, 1.807) is 28.7 Å². The van der Waals surface area contributed by atoms with Crippen molar-refractivity contribution in [1.29, 1.82) is 5.26 Å². The second-order valence-corrected chi connectivity index (χ2v) is 4.07. The topological polar surface area (TPSA) is 50.1 Å². The summed E-state index contributed by atoms with van der Waals surface area (Å²) in [6, 6.07) is 2.99. The molecule has 0 aromatic heterocycles. The maximum Gasteiger partial charge on any atom is 0.416 e. The van der Waals surface area contributed by atoms with Crippen LogP contribution in [0.2, 0.25) is 0 Å². The Morgan fingerprint density at radius 1 is 1.47 bits per heavy atom. The van der Waals surface area contributed by atoms with E-state index in [2.05, 4.69) is 4.74 Å². The molecule has 0 radical (unpaired) electrons. The zero-order valence-electron chi connectivity index (χ0n) is 8.43. The van der Waals surface area contributed by atoms with Crippen molar-refractivity contribution in [3.8, 4) is 6.07 Å². The van der Waals surface area contributed by atoms with Gasteiger partial charge in [0.2, 0.25) is 0 Å². The van der Waals surface area contributed by atoms with Gasteiger partial charge >= 0.3 is 12.1 Å². The Kier molecular flexibility index (Phi) is 3.98. The van der Waals surface area contributed by atoms with E-state index < -0.39 is 17.7 Å². The molecule has 0 heterocycles. The summed E-state index contributed by atoms with van der Waals surface area (Å²) < 4.78 is 42.1. The van der Waals surface area contributed by atoms with Gasteiger partial charge in [-0.1, -0.05) is 0 Å². The molecule has 0 aliphatic rings. The van der Waals surface area contributed by atoms with E-state index in [0.29, 0.717) is 12.1 Å². The molecular formula is C10H5F3INO2. The normalized spacial score (nSPS) is 10.8.